The number of hydrogen-bond acceptors (Lipinski definition) is 8. The molecule has 0 aliphatic carbocycles. The molecular formula is C30H45BrN6O7. The topological polar surface area (TPSA) is 189 Å². The number of primary amides is 1. The summed E-state index contributed by atoms with van der Waals surface area (Å²) in [6.07, 6.45) is 0.968. The van der Waals surface area contributed by atoms with Crippen molar-refractivity contribution in [2.24, 2.45) is 23.5 Å². The van der Waals surface area contributed by atoms with Crippen LogP contribution in [-0.4, -0.2) is 79.4 Å². The number of ether oxygens (including phenoxy) is 1. The molecule has 0 radical (unpaired) electrons. The van der Waals surface area contributed by atoms with E-state index in [1.807, 2.05) is 31.2 Å². The monoisotopic (exact) mass is 680 g/mol. The van der Waals surface area contributed by atoms with E-state index >= 15 is 0 Å². The van der Waals surface area contributed by atoms with Crippen molar-refractivity contribution in [2.45, 2.75) is 70.3 Å². The van der Waals surface area contributed by atoms with Crippen LogP contribution < -0.4 is 27.0 Å². The highest BCUT2D eigenvalue weighted by Crippen LogP contribution is 2.25. The molecule has 0 bridgehead atoms. The molecule has 4 atom stereocenters. The summed E-state index contributed by atoms with van der Waals surface area (Å²) in [5.41, 5.74) is 6.90. The maximum Gasteiger partial charge on any atom is 0.312 e. The number of nitrogens with zero attached hydrogens (tertiary/aromatic N) is 1. The van der Waals surface area contributed by atoms with Crippen molar-refractivity contribution in [3.8, 4) is 0 Å². The number of benzene rings is 1. The molecule has 1 aromatic rings. The van der Waals surface area contributed by atoms with Crippen molar-refractivity contribution in [3.63, 3.8) is 0 Å². The van der Waals surface area contributed by atoms with Crippen LogP contribution in [0.4, 0.5) is 10.5 Å². The normalized spacial score (nSPS) is 17.6. The Hall–Kier alpha value is -3.68. The summed E-state index contributed by atoms with van der Waals surface area (Å²) in [5, 5.41) is 11.4. The van der Waals surface area contributed by atoms with E-state index in [9.17, 15) is 28.8 Å². The molecule has 44 heavy (non-hydrogen) atoms. The predicted molar refractivity (Wildman–Crippen MR) is 168 cm³/mol. The Morgan fingerprint density at radius 3 is 2.32 bits per heavy atom. The molecule has 1 saturated heterocycles. The number of carbonyl (C=O) groups is 6. The summed E-state index contributed by atoms with van der Waals surface area (Å²) >= 11 is 3.40. The van der Waals surface area contributed by atoms with Crippen LogP contribution in [0.3, 0.4) is 0 Å². The molecule has 1 aliphatic rings. The van der Waals surface area contributed by atoms with E-state index in [4.69, 9.17) is 10.5 Å². The lowest BCUT2D eigenvalue weighted by atomic mass is 9.87. The lowest BCUT2D eigenvalue weighted by molar-refractivity contribution is -0.151. The average Bonchev–Trinajstić information content (AvgIpc) is 2.99. The number of anilines is 1. The first-order valence-electron chi connectivity index (χ1n) is 14.8. The fourth-order valence-corrected chi connectivity index (χ4v) is 5.37. The summed E-state index contributed by atoms with van der Waals surface area (Å²) in [5.74, 6) is -2.96. The quantitative estimate of drug-likeness (QED) is 0.106. The van der Waals surface area contributed by atoms with Gasteiger partial charge in [-0.3, -0.25) is 29.3 Å². The largest absolute Gasteiger partial charge is 0.469 e. The van der Waals surface area contributed by atoms with E-state index in [0.29, 0.717) is 43.4 Å². The van der Waals surface area contributed by atoms with E-state index in [1.54, 1.807) is 18.7 Å². The molecule has 14 heteroatoms. The molecule has 6 N–H and O–H groups in total. The molecular weight excluding hydrogens is 636 g/mol. The van der Waals surface area contributed by atoms with Crippen molar-refractivity contribution >= 4 is 57.2 Å². The number of urea groups is 1. The van der Waals surface area contributed by atoms with Crippen LogP contribution in [0.1, 0.15) is 58.4 Å². The van der Waals surface area contributed by atoms with Gasteiger partial charge in [0.05, 0.1) is 13.0 Å². The zero-order valence-corrected chi connectivity index (χ0v) is 27.4. The number of methoxy groups -OCH3 is 1. The molecule has 2 rings (SSSR count). The Kier molecular flexibility index (Phi) is 15.1. The Morgan fingerprint density at radius 2 is 1.75 bits per heavy atom. The highest BCUT2D eigenvalue weighted by Gasteiger charge is 2.34. The van der Waals surface area contributed by atoms with Crippen molar-refractivity contribution in [1.82, 2.24) is 20.9 Å². The molecule has 1 aliphatic heterocycles. The zero-order valence-electron chi connectivity index (χ0n) is 25.8. The minimum Gasteiger partial charge on any atom is -0.469 e. The molecule has 0 saturated carbocycles. The third kappa shape index (κ3) is 11.8. The van der Waals surface area contributed by atoms with E-state index in [1.165, 1.54) is 7.11 Å². The standard InChI is InChI=1S/C30H45BrN6O7/c1-18(2)26(28(41)35-24(38)11-12-25(39)37-15-13-22(19(3)17-37)29(42)44-4)36-27(40)23(6-5-14-33-30(32)43)34-21-9-7-20(16-31)8-10-21/h7-10,18-19,22-23,26,34H,5-6,11-17H2,1-4H3,(H,36,40)(H3,32,33,43)(H,35,38,41)/t19?,22?,23-,26-/m0/s1. The number of piperidine rings is 1. The van der Waals surface area contributed by atoms with Crippen molar-refractivity contribution in [3.05, 3.63) is 29.8 Å². The summed E-state index contributed by atoms with van der Waals surface area (Å²) in [6, 6.07) is 5.08. The maximum absolute atomic E-state index is 13.4. The molecule has 1 heterocycles. The van der Waals surface area contributed by atoms with Gasteiger partial charge >= 0.3 is 12.0 Å². The number of imide groups is 1. The van der Waals surface area contributed by atoms with Crippen LogP contribution in [0.25, 0.3) is 0 Å². The molecule has 0 aromatic heterocycles. The number of likely N-dealkylation sites (tertiary alicyclic amines) is 1. The number of alkyl halides is 1. The van der Waals surface area contributed by atoms with Gasteiger partial charge in [0, 0.05) is 43.5 Å². The SMILES string of the molecule is COC(=O)C1CCN(C(=O)CCC(=O)NC(=O)[C@@H](NC(=O)[C@H](CCCNC(N)=O)Nc2ccc(CBr)cc2)C(C)C)CC1C. The van der Waals surface area contributed by atoms with Gasteiger partial charge in [-0.05, 0) is 48.8 Å². The summed E-state index contributed by atoms with van der Waals surface area (Å²) in [6.45, 7) is 6.41. The van der Waals surface area contributed by atoms with Crippen LogP contribution in [0.2, 0.25) is 0 Å². The minimum atomic E-state index is -1.01. The van der Waals surface area contributed by atoms with E-state index < -0.39 is 35.8 Å². The van der Waals surface area contributed by atoms with Gasteiger partial charge in [0.1, 0.15) is 12.1 Å². The van der Waals surface area contributed by atoms with Gasteiger partial charge in [-0.15, -0.1) is 0 Å². The number of halogens is 1. The van der Waals surface area contributed by atoms with Crippen LogP contribution >= 0.6 is 15.9 Å². The Balaban J connectivity index is 1.96. The second-order valence-electron chi connectivity index (χ2n) is 11.3. The molecule has 1 fully saturated rings. The van der Waals surface area contributed by atoms with Gasteiger partial charge in [-0.25, -0.2) is 4.79 Å². The third-order valence-corrected chi connectivity index (χ3v) is 8.22. The molecule has 1 aromatic carbocycles. The van der Waals surface area contributed by atoms with Crippen LogP contribution in [0.15, 0.2) is 24.3 Å². The predicted octanol–water partition coefficient (Wildman–Crippen LogP) is 2.03. The van der Waals surface area contributed by atoms with E-state index in [0.717, 1.165) is 5.56 Å². The molecule has 0 spiro atoms. The number of esters is 1. The first-order valence-corrected chi connectivity index (χ1v) is 15.9. The van der Waals surface area contributed by atoms with Crippen molar-refractivity contribution in [1.29, 1.82) is 0 Å². The minimum absolute atomic E-state index is 0.0719. The Morgan fingerprint density at radius 1 is 1.07 bits per heavy atom. The summed E-state index contributed by atoms with van der Waals surface area (Å²) in [7, 11) is 1.34. The molecule has 13 nitrogen and oxygen atoms in total. The Bertz CT molecular complexity index is 1160. The fraction of sp³-hybridized carbons (Fsp3) is 0.600. The van der Waals surface area contributed by atoms with Gasteiger partial charge in [0.2, 0.25) is 23.6 Å². The number of amides is 6. The molecule has 6 amide bonds. The first kappa shape index (κ1) is 36.5. The smallest absolute Gasteiger partial charge is 0.312 e. The van der Waals surface area contributed by atoms with Gasteiger partial charge in [-0.1, -0.05) is 48.8 Å². The first-order chi connectivity index (χ1) is 20.9. The molecule has 2 unspecified atom stereocenters. The number of rotatable bonds is 15. The van der Waals surface area contributed by atoms with Crippen molar-refractivity contribution < 1.29 is 33.5 Å². The maximum atomic E-state index is 13.4. The van der Waals surface area contributed by atoms with Crippen molar-refractivity contribution in [2.75, 3.05) is 32.1 Å². The summed E-state index contributed by atoms with van der Waals surface area (Å²) < 4.78 is 4.83. The number of nitrogens with one attached hydrogen (secondary N) is 4. The fourth-order valence-electron chi connectivity index (χ4n) is 5.00. The average molecular weight is 682 g/mol. The third-order valence-electron chi connectivity index (χ3n) is 7.57. The van der Waals surface area contributed by atoms with E-state index in [-0.39, 0.29) is 49.0 Å². The van der Waals surface area contributed by atoms with Crippen LogP contribution in [0.5, 0.6) is 0 Å². The van der Waals surface area contributed by atoms with Crippen LogP contribution in [-0.2, 0) is 34.0 Å². The second-order valence-corrected chi connectivity index (χ2v) is 11.9. The highest BCUT2D eigenvalue weighted by atomic mass is 79.9. The highest BCUT2D eigenvalue weighted by molar-refractivity contribution is 9.08. The Labute approximate surface area is 266 Å². The number of hydrogen-bond donors (Lipinski definition) is 5. The number of carbonyl (C=O) groups excluding carboxylic acids is 6. The van der Waals surface area contributed by atoms with Crippen LogP contribution in [0, 0.1) is 17.8 Å². The van der Waals surface area contributed by atoms with Gasteiger partial charge in [0.25, 0.3) is 0 Å². The lowest BCUT2D eigenvalue weighted by Crippen LogP contribution is -2.54. The number of nitrogens with two attached hydrogens (primary N) is 1. The lowest BCUT2D eigenvalue weighted by Gasteiger charge is -2.35. The van der Waals surface area contributed by atoms with Gasteiger partial charge < -0.3 is 31.3 Å². The zero-order chi connectivity index (χ0) is 32.8. The molecule has 244 valence electrons. The van der Waals surface area contributed by atoms with Gasteiger partial charge in [-0.2, -0.15) is 0 Å². The van der Waals surface area contributed by atoms with E-state index in [2.05, 4.69) is 37.2 Å². The second kappa shape index (κ2) is 18.2. The summed E-state index contributed by atoms with van der Waals surface area (Å²) in [4.78, 5) is 76.3. The van der Waals surface area contributed by atoms with Gasteiger partial charge in [0.15, 0.2) is 0 Å².